The summed E-state index contributed by atoms with van der Waals surface area (Å²) in [5, 5.41) is 10.4. The second-order valence-corrected chi connectivity index (χ2v) is 7.42. The summed E-state index contributed by atoms with van der Waals surface area (Å²) < 4.78 is 16.9. The van der Waals surface area contributed by atoms with Gasteiger partial charge in [0.1, 0.15) is 6.10 Å². The molecule has 1 aliphatic rings. The first-order valence-electron chi connectivity index (χ1n) is 8.38. The average molecular weight is 360 g/mol. The first-order valence-corrected chi connectivity index (χ1v) is 9.26. The van der Waals surface area contributed by atoms with Crippen LogP contribution < -0.4 is 0 Å². The van der Waals surface area contributed by atoms with E-state index in [1.54, 1.807) is 18.9 Å². The van der Waals surface area contributed by atoms with Gasteiger partial charge in [-0.15, -0.1) is 11.8 Å². The first-order chi connectivity index (χ1) is 12.2. The second-order valence-electron chi connectivity index (χ2n) is 6.17. The monoisotopic (exact) mass is 360 g/mol. The molecule has 25 heavy (non-hydrogen) atoms. The van der Waals surface area contributed by atoms with Gasteiger partial charge in [-0.05, 0) is 24.6 Å². The Bertz CT molecular complexity index is 647. The Morgan fingerprint density at radius 3 is 2.48 bits per heavy atom. The maximum Gasteiger partial charge on any atom is 0.184 e. The van der Waals surface area contributed by atoms with E-state index in [9.17, 15) is 5.11 Å². The molecule has 0 aliphatic carbocycles. The maximum atomic E-state index is 10.5. The van der Waals surface area contributed by atoms with Crippen LogP contribution in [0.25, 0.3) is 0 Å². The molecule has 2 aromatic rings. The highest BCUT2D eigenvalue weighted by atomic mass is 32.2. The molecule has 0 saturated carbocycles. The van der Waals surface area contributed by atoms with Crippen LogP contribution in [0.2, 0.25) is 0 Å². The quantitative estimate of drug-likeness (QED) is 0.820. The molecule has 0 aromatic heterocycles. The van der Waals surface area contributed by atoms with Gasteiger partial charge in [0.15, 0.2) is 6.29 Å². The summed E-state index contributed by atoms with van der Waals surface area (Å²) in [7, 11) is 1.55. The number of methoxy groups -OCH3 is 1. The summed E-state index contributed by atoms with van der Waals surface area (Å²) >= 11 is 1.61. The van der Waals surface area contributed by atoms with Crippen molar-refractivity contribution >= 4 is 11.8 Å². The van der Waals surface area contributed by atoms with Gasteiger partial charge in [-0.1, -0.05) is 48.0 Å². The fraction of sp³-hybridized carbons (Fsp3) is 0.400. The van der Waals surface area contributed by atoms with Crippen molar-refractivity contribution in [2.45, 2.75) is 42.2 Å². The van der Waals surface area contributed by atoms with E-state index in [2.05, 4.69) is 31.2 Å². The maximum absolute atomic E-state index is 10.5. The predicted octanol–water partition coefficient (Wildman–Crippen LogP) is 3.40. The van der Waals surface area contributed by atoms with Gasteiger partial charge in [-0.3, -0.25) is 0 Å². The molecule has 1 aliphatic heterocycles. The third kappa shape index (κ3) is 4.84. The largest absolute Gasteiger partial charge is 0.387 e. The van der Waals surface area contributed by atoms with Crippen LogP contribution in [0.5, 0.6) is 0 Å². The van der Waals surface area contributed by atoms with Crippen molar-refractivity contribution in [1.29, 1.82) is 0 Å². The van der Waals surface area contributed by atoms with E-state index in [1.807, 2.05) is 30.3 Å². The lowest BCUT2D eigenvalue weighted by Gasteiger charge is -2.19. The fourth-order valence-corrected chi connectivity index (χ4v) is 3.99. The van der Waals surface area contributed by atoms with Crippen LogP contribution in [0.4, 0.5) is 0 Å². The third-order valence-corrected chi connectivity index (χ3v) is 5.61. The molecule has 0 unspecified atom stereocenters. The van der Waals surface area contributed by atoms with Gasteiger partial charge < -0.3 is 19.3 Å². The van der Waals surface area contributed by atoms with E-state index in [1.165, 1.54) is 5.56 Å². The molecule has 4 nitrogen and oxygen atoms in total. The number of hydrogen-bond acceptors (Lipinski definition) is 5. The standard InChI is InChI=1S/C20H24O4S/c1-14-8-10-16(11-9-14)25-19-17(24-20(22-2)18(19)21)13-23-12-15-6-4-3-5-7-15/h3-11,17-21H,12-13H2,1-2H3/t17-,18-,19+,20-/m1/s1. The molecule has 2 aromatic carbocycles. The smallest absolute Gasteiger partial charge is 0.184 e. The molecule has 0 bridgehead atoms. The summed E-state index contributed by atoms with van der Waals surface area (Å²) in [5.41, 5.74) is 2.33. The molecule has 4 atom stereocenters. The van der Waals surface area contributed by atoms with E-state index < -0.39 is 12.4 Å². The number of rotatable bonds is 7. The average Bonchev–Trinajstić information content (AvgIpc) is 2.93. The number of aliphatic hydroxyl groups is 1. The molecule has 1 saturated heterocycles. The van der Waals surface area contributed by atoms with Gasteiger partial charge in [-0.25, -0.2) is 0 Å². The molecule has 1 heterocycles. The Balaban J connectivity index is 1.61. The number of benzene rings is 2. The van der Waals surface area contributed by atoms with Gasteiger partial charge in [0.2, 0.25) is 0 Å². The zero-order chi connectivity index (χ0) is 17.6. The van der Waals surface area contributed by atoms with E-state index >= 15 is 0 Å². The van der Waals surface area contributed by atoms with Crippen molar-refractivity contribution in [2.75, 3.05) is 13.7 Å². The molecular weight excluding hydrogens is 336 g/mol. The van der Waals surface area contributed by atoms with Gasteiger partial charge in [0.05, 0.1) is 24.6 Å². The van der Waals surface area contributed by atoms with E-state index in [-0.39, 0.29) is 11.4 Å². The molecule has 3 rings (SSSR count). The number of thioether (sulfide) groups is 1. The van der Waals surface area contributed by atoms with Gasteiger partial charge in [0.25, 0.3) is 0 Å². The van der Waals surface area contributed by atoms with Gasteiger partial charge in [-0.2, -0.15) is 0 Å². The number of ether oxygens (including phenoxy) is 3. The van der Waals surface area contributed by atoms with Crippen molar-refractivity contribution in [2.24, 2.45) is 0 Å². The minimum atomic E-state index is -0.693. The van der Waals surface area contributed by atoms with Crippen LogP contribution in [0.3, 0.4) is 0 Å². The summed E-state index contributed by atoms with van der Waals surface area (Å²) in [6, 6.07) is 18.3. The van der Waals surface area contributed by atoms with Crippen LogP contribution in [-0.4, -0.2) is 42.6 Å². The van der Waals surface area contributed by atoms with Gasteiger partial charge in [0, 0.05) is 12.0 Å². The van der Waals surface area contributed by atoms with Crippen molar-refractivity contribution in [1.82, 2.24) is 0 Å². The minimum Gasteiger partial charge on any atom is -0.387 e. The van der Waals surface area contributed by atoms with Crippen LogP contribution in [0.15, 0.2) is 59.5 Å². The van der Waals surface area contributed by atoms with Crippen molar-refractivity contribution in [3.05, 3.63) is 65.7 Å². The van der Waals surface area contributed by atoms with E-state index in [0.717, 1.165) is 10.5 Å². The van der Waals surface area contributed by atoms with Crippen LogP contribution >= 0.6 is 11.8 Å². The normalized spacial score (nSPS) is 26.0. The fourth-order valence-electron chi connectivity index (χ4n) is 2.82. The number of hydrogen-bond donors (Lipinski definition) is 1. The molecule has 5 heteroatoms. The zero-order valence-electron chi connectivity index (χ0n) is 14.5. The molecule has 0 spiro atoms. The lowest BCUT2D eigenvalue weighted by atomic mass is 10.2. The summed E-state index contributed by atoms with van der Waals surface area (Å²) in [4.78, 5) is 1.10. The molecule has 1 N–H and O–H groups in total. The summed E-state index contributed by atoms with van der Waals surface area (Å²) in [6.45, 7) is 2.99. The highest BCUT2D eigenvalue weighted by Gasteiger charge is 2.44. The topological polar surface area (TPSA) is 47.9 Å². The van der Waals surface area contributed by atoms with Crippen molar-refractivity contribution < 1.29 is 19.3 Å². The Morgan fingerprint density at radius 1 is 1.08 bits per heavy atom. The van der Waals surface area contributed by atoms with Crippen molar-refractivity contribution in [3.8, 4) is 0 Å². The summed E-state index contributed by atoms with van der Waals surface area (Å²) in [5.74, 6) is 0. The predicted molar refractivity (Wildman–Crippen MR) is 98.6 cm³/mol. The Labute approximate surface area is 153 Å². The first kappa shape index (κ1) is 18.4. The molecular formula is C20H24O4S. The highest BCUT2D eigenvalue weighted by Crippen LogP contribution is 2.36. The van der Waals surface area contributed by atoms with Crippen LogP contribution in [0.1, 0.15) is 11.1 Å². The Kier molecular flexibility index (Phi) is 6.51. The second kappa shape index (κ2) is 8.83. The third-order valence-electron chi connectivity index (χ3n) is 4.21. The minimum absolute atomic E-state index is 0.136. The lowest BCUT2D eigenvalue weighted by molar-refractivity contribution is -0.156. The SMILES string of the molecule is CO[C@@H]1O[C@H](COCc2ccccc2)[C@H](Sc2ccc(C)cc2)[C@H]1O. The van der Waals surface area contributed by atoms with E-state index in [0.29, 0.717) is 13.2 Å². The van der Waals surface area contributed by atoms with Crippen LogP contribution in [-0.2, 0) is 20.8 Å². The highest BCUT2D eigenvalue weighted by molar-refractivity contribution is 8.00. The number of aliphatic hydroxyl groups excluding tert-OH is 1. The van der Waals surface area contributed by atoms with Gasteiger partial charge >= 0.3 is 0 Å². The molecule has 1 fully saturated rings. The number of aryl methyl sites for hydroxylation is 1. The Morgan fingerprint density at radius 2 is 1.80 bits per heavy atom. The summed E-state index contributed by atoms with van der Waals surface area (Å²) in [6.07, 6.45) is -1.54. The Hall–Kier alpha value is -1.37. The van der Waals surface area contributed by atoms with Crippen LogP contribution in [0, 0.1) is 6.92 Å². The lowest BCUT2D eigenvalue weighted by Crippen LogP contribution is -2.32. The molecule has 0 radical (unpaired) electrons. The van der Waals surface area contributed by atoms with E-state index in [4.69, 9.17) is 14.2 Å². The molecule has 0 amide bonds. The van der Waals surface area contributed by atoms with Crippen molar-refractivity contribution in [3.63, 3.8) is 0 Å². The zero-order valence-corrected chi connectivity index (χ0v) is 15.3. The molecule has 134 valence electrons.